The smallest absolute Gasteiger partial charge is 0.376 e. The monoisotopic (exact) mass is 509 g/mol. The molecule has 2 saturated heterocycles. The van der Waals surface area contributed by atoms with E-state index in [2.05, 4.69) is 27.8 Å². The van der Waals surface area contributed by atoms with Gasteiger partial charge in [0.25, 0.3) is 0 Å². The van der Waals surface area contributed by atoms with Crippen LogP contribution in [0.15, 0.2) is 66.9 Å². The number of aromatic nitrogens is 1. The number of nitrogens with zero attached hydrogens (tertiary/aromatic N) is 1. The highest BCUT2D eigenvalue weighted by Crippen LogP contribution is 2.36. The lowest BCUT2D eigenvalue weighted by molar-refractivity contribution is -0.137. The largest absolute Gasteiger partial charge is 0.416 e. The van der Waals surface area contributed by atoms with Crippen molar-refractivity contribution in [3.63, 3.8) is 0 Å². The van der Waals surface area contributed by atoms with Crippen LogP contribution in [-0.2, 0) is 22.9 Å². The van der Waals surface area contributed by atoms with Crippen molar-refractivity contribution in [2.24, 2.45) is 0 Å². The summed E-state index contributed by atoms with van der Waals surface area (Å²) in [5.74, 6) is 0.396. The summed E-state index contributed by atoms with van der Waals surface area (Å²) in [4.78, 5) is 4.62. The molecule has 4 nitrogen and oxygen atoms in total. The zero-order chi connectivity index (χ0) is 25.7. The van der Waals surface area contributed by atoms with Gasteiger partial charge in [-0.15, -0.1) is 0 Å². The average molecular weight is 510 g/mol. The van der Waals surface area contributed by atoms with E-state index in [1.807, 2.05) is 30.3 Å². The molecule has 0 aliphatic carbocycles. The van der Waals surface area contributed by atoms with Crippen LogP contribution in [-0.4, -0.2) is 37.8 Å². The SMILES string of the molecule is FC(F)(F)c1cc(COCC2(c3ccccc3)CCNCC2)cc(-c2ccc(C3CCNCC3)nc2)c1. The lowest BCUT2D eigenvalue weighted by Crippen LogP contribution is -2.43. The number of hydrogen-bond acceptors (Lipinski definition) is 4. The molecule has 0 atom stereocenters. The third-order valence-corrected chi connectivity index (χ3v) is 7.79. The minimum atomic E-state index is -4.44. The maximum atomic E-state index is 13.8. The van der Waals surface area contributed by atoms with Gasteiger partial charge in [-0.1, -0.05) is 36.4 Å². The van der Waals surface area contributed by atoms with Gasteiger partial charge < -0.3 is 15.4 Å². The Morgan fingerprint density at radius 2 is 1.59 bits per heavy atom. The maximum absolute atomic E-state index is 13.8. The van der Waals surface area contributed by atoms with Crippen molar-refractivity contribution < 1.29 is 17.9 Å². The molecule has 0 spiro atoms. The molecule has 0 saturated carbocycles. The van der Waals surface area contributed by atoms with Crippen molar-refractivity contribution in [3.8, 4) is 11.1 Å². The van der Waals surface area contributed by atoms with Crippen LogP contribution in [0.4, 0.5) is 13.2 Å². The number of ether oxygens (including phenoxy) is 1. The van der Waals surface area contributed by atoms with Crippen molar-refractivity contribution in [2.45, 2.75) is 49.8 Å². The Labute approximate surface area is 216 Å². The highest BCUT2D eigenvalue weighted by Gasteiger charge is 2.35. The maximum Gasteiger partial charge on any atom is 0.416 e. The first-order chi connectivity index (χ1) is 17.9. The standard InChI is InChI=1S/C30H34F3N3O/c31-30(32,33)27-17-22(20-37-21-29(10-14-35-15-11-29)26-4-2-1-3-5-26)16-25(18-27)24-6-7-28(36-19-24)23-8-12-34-13-9-23/h1-7,16-19,23,34-35H,8-15,20-21H2. The molecule has 0 radical (unpaired) electrons. The molecule has 0 unspecified atom stereocenters. The van der Waals surface area contributed by atoms with E-state index in [4.69, 9.17) is 4.74 Å². The first-order valence-corrected chi connectivity index (χ1v) is 13.2. The first-order valence-electron chi connectivity index (χ1n) is 13.2. The normalized spacial score (nSPS) is 18.6. The Morgan fingerprint density at radius 3 is 2.27 bits per heavy atom. The number of nitrogens with one attached hydrogen (secondary N) is 2. The van der Waals surface area contributed by atoms with Crippen LogP contribution in [0.25, 0.3) is 11.1 Å². The molecule has 1 aromatic heterocycles. The molecule has 5 rings (SSSR count). The van der Waals surface area contributed by atoms with E-state index >= 15 is 0 Å². The second-order valence-corrected chi connectivity index (χ2v) is 10.3. The highest BCUT2D eigenvalue weighted by atomic mass is 19.4. The van der Waals surface area contributed by atoms with Gasteiger partial charge >= 0.3 is 6.18 Å². The van der Waals surface area contributed by atoms with Gasteiger partial charge in [0, 0.05) is 28.8 Å². The van der Waals surface area contributed by atoms with Gasteiger partial charge in [0.1, 0.15) is 0 Å². The van der Waals surface area contributed by atoms with Gasteiger partial charge in [-0.2, -0.15) is 13.2 Å². The Bertz CT molecular complexity index is 1150. The minimum Gasteiger partial charge on any atom is -0.376 e. The number of halogens is 3. The van der Waals surface area contributed by atoms with Crippen LogP contribution in [0.3, 0.4) is 0 Å². The van der Waals surface area contributed by atoms with E-state index < -0.39 is 11.7 Å². The molecule has 0 bridgehead atoms. The molecule has 196 valence electrons. The first kappa shape index (κ1) is 25.9. The number of alkyl halides is 3. The number of benzene rings is 2. The van der Waals surface area contributed by atoms with Gasteiger partial charge in [-0.3, -0.25) is 4.98 Å². The molecule has 2 aliphatic rings. The van der Waals surface area contributed by atoms with Crippen molar-refractivity contribution in [1.29, 1.82) is 0 Å². The Kier molecular flexibility index (Phi) is 7.93. The minimum absolute atomic E-state index is 0.125. The molecule has 0 amide bonds. The summed E-state index contributed by atoms with van der Waals surface area (Å²) in [5, 5.41) is 6.75. The second-order valence-electron chi connectivity index (χ2n) is 10.3. The third-order valence-electron chi connectivity index (χ3n) is 7.79. The van der Waals surface area contributed by atoms with Crippen molar-refractivity contribution in [3.05, 3.63) is 89.2 Å². The molecule has 3 aromatic rings. The molecular weight excluding hydrogens is 475 g/mol. The molecule has 2 fully saturated rings. The molecule has 2 aromatic carbocycles. The number of rotatable bonds is 7. The van der Waals surface area contributed by atoms with E-state index in [1.165, 1.54) is 17.7 Å². The lowest BCUT2D eigenvalue weighted by atomic mass is 9.74. The predicted molar refractivity (Wildman–Crippen MR) is 139 cm³/mol. The average Bonchev–Trinajstić information content (AvgIpc) is 2.94. The fourth-order valence-corrected chi connectivity index (χ4v) is 5.62. The van der Waals surface area contributed by atoms with Gasteiger partial charge in [0.05, 0.1) is 18.8 Å². The summed E-state index contributed by atoms with van der Waals surface area (Å²) in [6, 6.07) is 18.4. The second kappa shape index (κ2) is 11.3. The molecule has 37 heavy (non-hydrogen) atoms. The summed E-state index contributed by atoms with van der Waals surface area (Å²) < 4.78 is 47.5. The van der Waals surface area contributed by atoms with E-state index in [0.717, 1.165) is 57.6 Å². The summed E-state index contributed by atoms with van der Waals surface area (Å²) >= 11 is 0. The van der Waals surface area contributed by atoms with Gasteiger partial charge in [0.15, 0.2) is 0 Å². The van der Waals surface area contributed by atoms with Crippen molar-refractivity contribution in [1.82, 2.24) is 15.6 Å². The molecule has 2 aliphatic heterocycles. The van der Waals surface area contributed by atoms with Crippen LogP contribution in [0.2, 0.25) is 0 Å². The van der Waals surface area contributed by atoms with Gasteiger partial charge in [-0.25, -0.2) is 0 Å². The van der Waals surface area contributed by atoms with Crippen molar-refractivity contribution >= 4 is 0 Å². The van der Waals surface area contributed by atoms with Crippen LogP contribution in [0.5, 0.6) is 0 Å². The van der Waals surface area contributed by atoms with E-state index in [1.54, 1.807) is 12.3 Å². The van der Waals surface area contributed by atoms with Gasteiger partial charge in [-0.05, 0) is 92.8 Å². The predicted octanol–water partition coefficient (Wildman–Crippen LogP) is 6.07. The fraction of sp³-hybridized carbons (Fsp3) is 0.433. The van der Waals surface area contributed by atoms with E-state index in [0.29, 0.717) is 29.2 Å². The lowest BCUT2D eigenvalue weighted by Gasteiger charge is -2.38. The summed E-state index contributed by atoms with van der Waals surface area (Å²) in [6.07, 6.45) is 1.18. The molecule has 7 heteroatoms. The quantitative estimate of drug-likeness (QED) is 0.406. The van der Waals surface area contributed by atoms with E-state index in [-0.39, 0.29) is 12.0 Å². The van der Waals surface area contributed by atoms with E-state index in [9.17, 15) is 13.2 Å². The zero-order valence-electron chi connectivity index (χ0n) is 21.0. The van der Waals surface area contributed by atoms with Crippen LogP contribution in [0, 0.1) is 0 Å². The highest BCUT2D eigenvalue weighted by molar-refractivity contribution is 5.64. The number of hydrogen-bond donors (Lipinski definition) is 2. The summed E-state index contributed by atoms with van der Waals surface area (Å²) in [5.41, 5.74) is 3.15. The molecule has 2 N–H and O–H groups in total. The summed E-state index contributed by atoms with van der Waals surface area (Å²) in [7, 11) is 0. The van der Waals surface area contributed by atoms with Gasteiger partial charge in [0.2, 0.25) is 0 Å². The summed E-state index contributed by atoms with van der Waals surface area (Å²) in [6.45, 7) is 4.31. The Morgan fingerprint density at radius 1 is 0.865 bits per heavy atom. The van der Waals surface area contributed by atoms with Crippen LogP contribution in [0.1, 0.15) is 54.0 Å². The zero-order valence-corrected chi connectivity index (χ0v) is 21.0. The van der Waals surface area contributed by atoms with Crippen LogP contribution >= 0.6 is 0 Å². The molecular formula is C30H34F3N3O. The number of pyridine rings is 1. The Balaban J connectivity index is 1.35. The van der Waals surface area contributed by atoms with Crippen LogP contribution < -0.4 is 10.6 Å². The number of piperidine rings is 2. The third kappa shape index (κ3) is 6.22. The van der Waals surface area contributed by atoms with Crippen molar-refractivity contribution in [2.75, 3.05) is 32.8 Å². The Hall–Kier alpha value is -2.74. The topological polar surface area (TPSA) is 46.2 Å². The molecule has 3 heterocycles. The fourth-order valence-electron chi connectivity index (χ4n) is 5.62.